The van der Waals surface area contributed by atoms with Crippen LogP contribution in [-0.2, 0) is 0 Å². The number of likely N-dealkylation sites (tertiary alicyclic amines) is 1. The number of para-hydroxylation sites is 2. The van der Waals surface area contributed by atoms with Crippen molar-refractivity contribution in [1.29, 1.82) is 0 Å². The van der Waals surface area contributed by atoms with Crippen molar-refractivity contribution in [2.45, 2.75) is 32.4 Å². The number of anilines is 1. The van der Waals surface area contributed by atoms with Gasteiger partial charge in [-0.25, -0.2) is 0 Å². The van der Waals surface area contributed by atoms with Gasteiger partial charge in [0.2, 0.25) is 0 Å². The third-order valence-corrected chi connectivity index (χ3v) is 3.57. The largest absolute Gasteiger partial charge is 0.424 e. The van der Waals surface area contributed by atoms with Crippen molar-refractivity contribution in [2.75, 3.05) is 18.4 Å². The molecule has 4 nitrogen and oxygen atoms in total. The Labute approximate surface area is 107 Å². The maximum Gasteiger partial charge on any atom is 0.295 e. The predicted octanol–water partition coefficient (Wildman–Crippen LogP) is 2.72. The molecule has 0 amide bonds. The van der Waals surface area contributed by atoms with E-state index in [0.29, 0.717) is 18.1 Å². The first-order chi connectivity index (χ1) is 8.72. The van der Waals surface area contributed by atoms with Crippen molar-refractivity contribution in [2.24, 2.45) is 0 Å². The lowest BCUT2D eigenvalue weighted by atomic mass is 10.3. The van der Waals surface area contributed by atoms with E-state index in [1.807, 2.05) is 24.3 Å². The Morgan fingerprint density at radius 2 is 2.22 bits per heavy atom. The van der Waals surface area contributed by atoms with Crippen molar-refractivity contribution in [3.05, 3.63) is 24.3 Å². The van der Waals surface area contributed by atoms with Crippen LogP contribution in [-0.4, -0.2) is 35.1 Å². The van der Waals surface area contributed by atoms with Gasteiger partial charge in [-0.3, -0.25) is 4.90 Å². The predicted molar refractivity (Wildman–Crippen MR) is 72.7 cm³/mol. The quantitative estimate of drug-likeness (QED) is 0.902. The lowest BCUT2D eigenvalue weighted by Crippen LogP contribution is -2.31. The minimum Gasteiger partial charge on any atom is -0.424 e. The first kappa shape index (κ1) is 11.5. The molecule has 0 radical (unpaired) electrons. The number of aromatic nitrogens is 1. The van der Waals surface area contributed by atoms with E-state index < -0.39 is 0 Å². The van der Waals surface area contributed by atoms with Crippen molar-refractivity contribution in [3.63, 3.8) is 0 Å². The highest BCUT2D eigenvalue weighted by atomic mass is 16.4. The Balaban J connectivity index is 1.70. The fourth-order valence-electron chi connectivity index (χ4n) is 2.48. The van der Waals surface area contributed by atoms with E-state index in [4.69, 9.17) is 4.42 Å². The molecule has 2 aromatic rings. The van der Waals surface area contributed by atoms with Crippen LogP contribution in [0, 0.1) is 0 Å². The number of hydrogen-bond acceptors (Lipinski definition) is 4. The molecule has 1 unspecified atom stereocenters. The van der Waals surface area contributed by atoms with Crippen molar-refractivity contribution < 1.29 is 4.42 Å². The van der Waals surface area contributed by atoms with E-state index >= 15 is 0 Å². The first-order valence-electron chi connectivity index (χ1n) is 6.58. The van der Waals surface area contributed by atoms with Gasteiger partial charge in [0, 0.05) is 25.2 Å². The second kappa shape index (κ2) is 4.61. The number of nitrogens with zero attached hydrogens (tertiary/aromatic N) is 2. The topological polar surface area (TPSA) is 41.3 Å². The molecule has 1 saturated heterocycles. The summed E-state index contributed by atoms with van der Waals surface area (Å²) in [5.74, 6) is 0. The zero-order valence-electron chi connectivity index (χ0n) is 10.9. The Morgan fingerprint density at radius 3 is 2.94 bits per heavy atom. The molecule has 0 spiro atoms. The Bertz CT molecular complexity index is 502. The van der Waals surface area contributed by atoms with E-state index in [9.17, 15) is 0 Å². The summed E-state index contributed by atoms with van der Waals surface area (Å²) in [6, 6.07) is 9.56. The number of nitrogens with one attached hydrogen (secondary N) is 1. The van der Waals surface area contributed by atoms with E-state index in [2.05, 4.69) is 29.0 Å². The van der Waals surface area contributed by atoms with Crippen LogP contribution in [0.1, 0.15) is 20.3 Å². The fraction of sp³-hybridized carbons (Fsp3) is 0.500. The summed E-state index contributed by atoms with van der Waals surface area (Å²) in [7, 11) is 0. The van der Waals surface area contributed by atoms with Crippen LogP contribution in [0.2, 0.25) is 0 Å². The van der Waals surface area contributed by atoms with Crippen LogP contribution < -0.4 is 5.32 Å². The van der Waals surface area contributed by atoms with Gasteiger partial charge in [-0.2, -0.15) is 4.98 Å². The molecule has 1 aliphatic heterocycles. The van der Waals surface area contributed by atoms with Crippen molar-refractivity contribution >= 4 is 17.1 Å². The summed E-state index contributed by atoms with van der Waals surface area (Å²) < 4.78 is 5.68. The van der Waals surface area contributed by atoms with E-state index in [0.717, 1.165) is 30.6 Å². The number of oxazole rings is 1. The molecule has 4 heteroatoms. The maximum atomic E-state index is 5.68. The van der Waals surface area contributed by atoms with Gasteiger partial charge in [-0.1, -0.05) is 12.1 Å². The number of benzene rings is 1. The second-order valence-electron chi connectivity index (χ2n) is 5.21. The molecule has 1 aromatic heterocycles. The Kier molecular flexibility index (Phi) is 2.96. The van der Waals surface area contributed by atoms with Crippen LogP contribution in [0.3, 0.4) is 0 Å². The molecular formula is C14H19N3O. The second-order valence-corrected chi connectivity index (χ2v) is 5.21. The molecule has 0 saturated carbocycles. The summed E-state index contributed by atoms with van der Waals surface area (Å²) in [6.07, 6.45) is 1.15. The molecule has 1 atom stereocenters. The summed E-state index contributed by atoms with van der Waals surface area (Å²) in [5, 5.41) is 3.40. The minimum absolute atomic E-state index is 0.445. The summed E-state index contributed by atoms with van der Waals surface area (Å²) >= 11 is 0. The minimum atomic E-state index is 0.445. The van der Waals surface area contributed by atoms with Gasteiger partial charge in [0.25, 0.3) is 6.01 Å². The van der Waals surface area contributed by atoms with E-state index in [1.54, 1.807) is 0 Å². The van der Waals surface area contributed by atoms with Crippen molar-refractivity contribution in [3.8, 4) is 0 Å². The van der Waals surface area contributed by atoms with Crippen LogP contribution in [0.15, 0.2) is 28.7 Å². The molecule has 1 aromatic carbocycles. The highest BCUT2D eigenvalue weighted by Gasteiger charge is 2.25. The Morgan fingerprint density at radius 1 is 1.39 bits per heavy atom. The smallest absolute Gasteiger partial charge is 0.295 e. The molecule has 0 bridgehead atoms. The average molecular weight is 245 g/mol. The average Bonchev–Trinajstić information content (AvgIpc) is 2.94. The highest BCUT2D eigenvalue weighted by Crippen LogP contribution is 2.21. The number of rotatable bonds is 3. The van der Waals surface area contributed by atoms with Gasteiger partial charge in [-0.05, 0) is 32.4 Å². The van der Waals surface area contributed by atoms with Crippen LogP contribution in [0.25, 0.3) is 11.1 Å². The maximum absolute atomic E-state index is 5.68. The standard InChI is InChI=1S/C14H19N3O/c1-10(2)17-8-7-11(9-17)15-14-16-12-5-3-4-6-13(12)18-14/h3-6,10-11H,7-9H2,1-2H3,(H,15,16). The van der Waals surface area contributed by atoms with E-state index in [1.165, 1.54) is 0 Å². The molecule has 1 N–H and O–H groups in total. The third kappa shape index (κ3) is 2.20. The number of hydrogen-bond donors (Lipinski definition) is 1. The molecule has 0 aliphatic carbocycles. The lowest BCUT2D eigenvalue weighted by Gasteiger charge is -2.20. The summed E-state index contributed by atoms with van der Waals surface area (Å²) in [5.41, 5.74) is 1.76. The van der Waals surface area contributed by atoms with Crippen LogP contribution >= 0.6 is 0 Å². The van der Waals surface area contributed by atoms with Gasteiger partial charge < -0.3 is 9.73 Å². The van der Waals surface area contributed by atoms with Crippen molar-refractivity contribution in [1.82, 2.24) is 9.88 Å². The molecular weight excluding hydrogens is 226 g/mol. The molecule has 18 heavy (non-hydrogen) atoms. The monoisotopic (exact) mass is 245 g/mol. The molecule has 1 fully saturated rings. The normalized spacial score (nSPS) is 20.9. The lowest BCUT2D eigenvalue weighted by molar-refractivity contribution is 0.274. The first-order valence-corrected chi connectivity index (χ1v) is 6.58. The zero-order chi connectivity index (χ0) is 12.5. The SMILES string of the molecule is CC(C)N1CCC(Nc2nc3ccccc3o2)C1. The van der Waals surface area contributed by atoms with E-state index in [-0.39, 0.29) is 0 Å². The Hall–Kier alpha value is -1.55. The molecule has 96 valence electrons. The van der Waals surface area contributed by atoms with Crippen LogP contribution in [0.5, 0.6) is 0 Å². The summed E-state index contributed by atoms with van der Waals surface area (Å²) in [6.45, 7) is 6.69. The molecule has 2 heterocycles. The molecule has 3 rings (SSSR count). The van der Waals surface area contributed by atoms with Crippen LogP contribution in [0.4, 0.5) is 6.01 Å². The number of fused-ring (bicyclic) bond motifs is 1. The van der Waals surface area contributed by atoms with Gasteiger partial charge in [0.05, 0.1) is 0 Å². The highest BCUT2D eigenvalue weighted by molar-refractivity contribution is 5.74. The summed E-state index contributed by atoms with van der Waals surface area (Å²) in [4.78, 5) is 6.92. The van der Waals surface area contributed by atoms with Gasteiger partial charge in [0.15, 0.2) is 5.58 Å². The third-order valence-electron chi connectivity index (χ3n) is 3.57. The fourth-order valence-corrected chi connectivity index (χ4v) is 2.48. The van der Waals surface area contributed by atoms with Gasteiger partial charge in [0.1, 0.15) is 5.52 Å². The zero-order valence-corrected chi connectivity index (χ0v) is 10.9. The van der Waals surface area contributed by atoms with Gasteiger partial charge in [-0.15, -0.1) is 0 Å². The molecule has 1 aliphatic rings. The van der Waals surface area contributed by atoms with Gasteiger partial charge >= 0.3 is 0 Å².